The van der Waals surface area contributed by atoms with Gasteiger partial charge in [0.2, 0.25) is 0 Å². The summed E-state index contributed by atoms with van der Waals surface area (Å²) in [5.41, 5.74) is 0.576. The first-order chi connectivity index (χ1) is 13.6. The molecular formula is C19H24N4O5. The Morgan fingerprint density at radius 3 is 2.61 bits per heavy atom. The zero-order valence-electron chi connectivity index (χ0n) is 16.2. The molecule has 1 N–H and O–H groups in total. The summed E-state index contributed by atoms with van der Waals surface area (Å²) in [7, 11) is 4.64. The molecule has 0 spiro atoms. The third-order valence-corrected chi connectivity index (χ3v) is 4.42. The third kappa shape index (κ3) is 4.54. The number of hydrogen-bond acceptors (Lipinski definition) is 7. The molecule has 150 valence electrons. The average Bonchev–Trinajstić information content (AvgIpc) is 2.74. The third-order valence-electron chi connectivity index (χ3n) is 4.42. The summed E-state index contributed by atoms with van der Waals surface area (Å²) >= 11 is 0. The zero-order chi connectivity index (χ0) is 19.9. The number of urea groups is 1. The number of aromatic nitrogens is 2. The minimum atomic E-state index is -0.220. The highest BCUT2D eigenvalue weighted by atomic mass is 16.5. The average molecular weight is 388 g/mol. The summed E-state index contributed by atoms with van der Waals surface area (Å²) in [6, 6.07) is 5.01. The van der Waals surface area contributed by atoms with Gasteiger partial charge in [-0.15, -0.1) is 0 Å². The topological polar surface area (TPSA) is 95.0 Å². The Bertz CT molecular complexity index is 817. The van der Waals surface area contributed by atoms with Crippen LogP contribution >= 0.6 is 0 Å². The van der Waals surface area contributed by atoms with Crippen molar-refractivity contribution in [3.8, 4) is 23.3 Å². The van der Waals surface area contributed by atoms with Crippen molar-refractivity contribution < 1.29 is 23.7 Å². The minimum absolute atomic E-state index is 0.192. The highest BCUT2D eigenvalue weighted by Crippen LogP contribution is 2.30. The summed E-state index contributed by atoms with van der Waals surface area (Å²) < 4.78 is 21.6. The van der Waals surface area contributed by atoms with Crippen LogP contribution in [0.2, 0.25) is 0 Å². The molecule has 2 aromatic rings. The molecule has 9 nitrogen and oxygen atoms in total. The molecule has 1 aromatic carbocycles. The first-order valence-corrected chi connectivity index (χ1v) is 8.94. The number of nitrogens with one attached hydrogen (secondary N) is 1. The van der Waals surface area contributed by atoms with Crippen molar-refractivity contribution in [3.05, 3.63) is 30.6 Å². The van der Waals surface area contributed by atoms with Crippen LogP contribution in [0.3, 0.4) is 0 Å². The van der Waals surface area contributed by atoms with Gasteiger partial charge in [0.25, 0.3) is 11.8 Å². The normalized spacial score (nSPS) is 16.2. The number of amides is 2. The lowest BCUT2D eigenvalue weighted by Crippen LogP contribution is -2.46. The molecule has 2 heterocycles. The lowest BCUT2D eigenvalue weighted by Gasteiger charge is -2.32. The van der Waals surface area contributed by atoms with Crippen molar-refractivity contribution >= 4 is 11.7 Å². The maximum absolute atomic E-state index is 12.7. The molecule has 1 atom stereocenters. The molecular weight excluding hydrogens is 364 g/mol. The molecule has 1 aliphatic rings. The van der Waals surface area contributed by atoms with Gasteiger partial charge in [0.1, 0.15) is 17.6 Å². The molecule has 9 heteroatoms. The van der Waals surface area contributed by atoms with E-state index in [9.17, 15) is 4.79 Å². The number of methoxy groups -OCH3 is 3. The minimum Gasteiger partial charge on any atom is -0.497 e. The van der Waals surface area contributed by atoms with Gasteiger partial charge < -0.3 is 29.2 Å². The van der Waals surface area contributed by atoms with Gasteiger partial charge in [0.15, 0.2) is 0 Å². The maximum Gasteiger partial charge on any atom is 0.322 e. The van der Waals surface area contributed by atoms with E-state index < -0.39 is 0 Å². The molecule has 1 unspecified atom stereocenters. The predicted octanol–water partition coefficient (Wildman–Crippen LogP) is 2.58. The van der Waals surface area contributed by atoms with Crippen LogP contribution in [-0.2, 0) is 0 Å². The predicted molar refractivity (Wildman–Crippen MR) is 102 cm³/mol. The second-order valence-corrected chi connectivity index (χ2v) is 6.20. The molecule has 0 aliphatic carbocycles. The molecule has 28 heavy (non-hydrogen) atoms. The zero-order valence-corrected chi connectivity index (χ0v) is 16.2. The fourth-order valence-electron chi connectivity index (χ4n) is 3.01. The van der Waals surface area contributed by atoms with Crippen molar-refractivity contribution in [1.82, 2.24) is 14.9 Å². The Balaban J connectivity index is 1.64. The highest BCUT2D eigenvalue weighted by Gasteiger charge is 2.27. The van der Waals surface area contributed by atoms with E-state index in [1.54, 1.807) is 43.5 Å². The molecule has 1 fully saturated rings. The van der Waals surface area contributed by atoms with Crippen LogP contribution < -0.4 is 24.3 Å². The smallest absolute Gasteiger partial charge is 0.322 e. The van der Waals surface area contributed by atoms with Crippen molar-refractivity contribution in [2.24, 2.45) is 0 Å². The number of carbonyl (C=O) groups excluding carboxylic acids is 1. The Hall–Kier alpha value is -3.23. The summed E-state index contributed by atoms with van der Waals surface area (Å²) in [6.07, 6.45) is 4.52. The number of likely N-dealkylation sites (tertiary alicyclic amines) is 1. The van der Waals surface area contributed by atoms with E-state index in [4.69, 9.17) is 18.9 Å². The molecule has 3 rings (SSSR count). The van der Waals surface area contributed by atoms with Gasteiger partial charge >= 0.3 is 6.03 Å². The number of anilines is 1. The van der Waals surface area contributed by atoms with E-state index in [0.29, 0.717) is 42.0 Å². The number of hydrogen-bond donors (Lipinski definition) is 1. The van der Waals surface area contributed by atoms with Crippen LogP contribution in [0.5, 0.6) is 23.3 Å². The van der Waals surface area contributed by atoms with Gasteiger partial charge in [-0.2, -0.15) is 0 Å². The summed E-state index contributed by atoms with van der Waals surface area (Å²) in [5, 5.41) is 2.89. The van der Waals surface area contributed by atoms with Gasteiger partial charge in [-0.3, -0.25) is 0 Å². The maximum atomic E-state index is 12.7. The van der Waals surface area contributed by atoms with Gasteiger partial charge in [-0.25, -0.2) is 14.8 Å². The number of ether oxygens (including phenoxy) is 4. The van der Waals surface area contributed by atoms with Crippen LogP contribution in [0.1, 0.15) is 12.8 Å². The van der Waals surface area contributed by atoms with Crippen LogP contribution in [0.25, 0.3) is 0 Å². The summed E-state index contributed by atoms with van der Waals surface area (Å²) in [4.78, 5) is 22.7. The van der Waals surface area contributed by atoms with Crippen LogP contribution in [0, 0.1) is 0 Å². The number of carbonyl (C=O) groups is 1. The first-order valence-electron chi connectivity index (χ1n) is 8.94. The summed E-state index contributed by atoms with van der Waals surface area (Å²) in [5.74, 6) is 1.84. The van der Waals surface area contributed by atoms with Crippen molar-refractivity contribution in [3.63, 3.8) is 0 Å². The van der Waals surface area contributed by atoms with Crippen molar-refractivity contribution in [1.29, 1.82) is 0 Å². The van der Waals surface area contributed by atoms with Crippen LogP contribution in [0.15, 0.2) is 30.6 Å². The Labute approximate surface area is 163 Å². The molecule has 0 bridgehead atoms. The van der Waals surface area contributed by atoms with Crippen LogP contribution in [0.4, 0.5) is 10.5 Å². The fourth-order valence-corrected chi connectivity index (χ4v) is 3.01. The van der Waals surface area contributed by atoms with Crippen LogP contribution in [-0.4, -0.2) is 61.4 Å². The summed E-state index contributed by atoms with van der Waals surface area (Å²) in [6.45, 7) is 1.08. The van der Waals surface area contributed by atoms with Crippen molar-refractivity contribution in [2.45, 2.75) is 18.9 Å². The van der Waals surface area contributed by atoms with E-state index in [0.717, 1.165) is 12.8 Å². The fraction of sp³-hybridized carbons (Fsp3) is 0.421. The van der Waals surface area contributed by atoms with E-state index in [2.05, 4.69) is 15.3 Å². The molecule has 2 amide bonds. The number of nitrogens with zero attached hydrogens (tertiary/aromatic N) is 3. The van der Waals surface area contributed by atoms with E-state index in [1.807, 2.05) is 0 Å². The standard InChI is InChI=1S/C19H24N4O5/c1-25-13-6-7-15(16(11-13)26-2)22-19(24)23-10-4-5-14(12-23)28-18-17(27-3)20-8-9-21-18/h6-9,11,14H,4-5,10,12H2,1-3H3,(H,22,24). The highest BCUT2D eigenvalue weighted by molar-refractivity contribution is 5.91. The Morgan fingerprint density at radius 2 is 1.89 bits per heavy atom. The van der Waals surface area contributed by atoms with E-state index in [1.165, 1.54) is 13.3 Å². The lowest BCUT2D eigenvalue weighted by atomic mass is 10.1. The van der Waals surface area contributed by atoms with Gasteiger partial charge in [-0.1, -0.05) is 0 Å². The lowest BCUT2D eigenvalue weighted by molar-refractivity contribution is 0.0988. The van der Waals surface area contributed by atoms with E-state index in [-0.39, 0.29) is 12.1 Å². The number of benzene rings is 1. The Morgan fingerprint density at radius 1 is 1.11 bits per heavy atom. The monoisotopic (exact) mass is 388 g/mol. The SMILES string of the molecule is COc1ccc(NC(=O)N2CCCC(Oc3nccnc3OC)C2)c(OC)c1. The number of piperidine rings is 1. The van der Waals surface area contributed by atoms with Gasteiger partial charge in [-0.05, 0) is 25.0 Å². The molecule has 0 saturated carbocycles. The molecule has 0 radical (unpaired) electrons. The largest absolute Gasteiger partial charge is 0.497 e. The molecule has 1 saturated heterocycles. The molecule has 1 aromatic heterocycles. The van der Waals surface area contributed by atoms with Crippen molar-refractivity contribution in [2.75, 3.05) is 39.7 Å². The first kappa shape index (κ1) is 19.5. The Kier molecular flexibility index (Phi) is 6.36. The second kappa shape index (κ2) is 9.12. The quantitative estimate of drug-likeness (QED) is 0.813. The van der Waals surface area contributed by atoms with Gasteiger partial charge in [0, 0.05) is 25.0 Å². The van der Waals surface area contributed by atoms with E-state index >= 15 is 0 Å². The number of rotatable bonds is 6. The molecule has 1 aliphatic heterocycles. The van der Waals surface area contributed by atoms with Gasteiger partial charge in [0.05, 0.1) is 33.6 Å². The second-order valence-electron chi connectivity index (χ2n) is 6.20.